The van der Waals surface area contributed by atoms with Crippen LogP contribution in [0.3, 0.4) is 0 Å². The summed E-state index contributed by atoms with van der Waals surface area (Å²) in [4.78, 5) is 26.6. The number of sulfonamides is 1. The van der Waals surface area contributed by atoms with E-state index in [1.165, 1.54) is 36.4 Å². The number of benzene rings is 2. The number of hydrogen-bond donors (Lipinski definition) is 2. The second-order valence-electron chi connectivity index (χ2n) is 7.40. The number of nitrogens with zero attached hydrogens (tertiary/aromatic N) is 3. The number of amides is 2. The van der Waals surface area contributed by atoms with E-state index in [0.29, 0.717) is 11.4 Å². The fourth-order valence-corrected chi connectivity index (χ4v) is 4.45. The van der Waals surface area contributed by atoms with Crippen LogP contribution in [0.4, 0.5) is 17.2 Å². The zero-order valence-electron chi connectivity index (χ0n) is 17.8. The van der Waals surface area contributed by atoms with Crippen LogP contribution in [-0.2, 0) is 19.6 Å². The predicted molar refractivity (Wildman–Crippen MR) is 129 cm³/mol. The number of rotatable bonds is 6. The van der Waals surface area contributed by atoms with Crippen LogP contribution in [0.2, 0.25) is 5.15 Å². The van der Waals surface area contributed by atoms with Gasteiger partial charge in [0.2, 0.25) is 0 Å². The molecule has 0 radical (unpaired) electrons. The normalized spacial score (nSPS) is 14.1. The molecule has 174 valence electrons. The molecular formula is C22H17Cl2N5O4S. The number of imide groups is 1. The minimum Gasteiger partial charge on any atom is -0.350 e. The molecule has 1 aliphatic heterocycles. The maximum atomic E-state index is 13.0. The molecule has 2 N–H and O–H groups in total. The topological polar surface area (TPSA) is 121 Å². The van der Waals surface area contributed by atoms with Crippen LogP contribution in [0.15, 0.2) is 70.2 Å². The maximum Gasteiger partial charge on any atom is 0.283 e. The highest BCUT2D eigenvalue weighted by atomic mass is 35.5. The van der Waals surface area contributed by atoms with Crippen LogP contribution in [-0.4, -0.2) is 30.4 Å². The summed E-state index contributed by atoms with van der Waals surface area (Å²) in [5.74, 6) is -1.26. The number of hydrogen-bond acceptors (Lipinski definition) is 7. The largest absolute Gasteiger partial charge is 0.350 e. The fraction of sp³-hybridized carbons (Fsp3) is 0.0909. The van der Waals surface area contributed by atoms with Crippen LogP contribution >= 0.6 is 23.2 Å². The van der Waals surface area contributed by atoms with Crippen LogP contribution in [0.5, 0.6) is 0 Å². The lowest BCUT2D eigenvalue weighted by atomic mass is 10.1. The van der Waals surface area contributed by atoms with Gasteiger partial charge in [0.25, 0.3) is 21.8 Å². The van der Waals surface area contributed by atoms with E-state index < -0.39 is 21.8 Å². The Bertz CT molecular complexity index is 1440. The molecule has 0 atom stereocenters. The summed E-state index contributed by atoms with van der Waals surface area (Å²) in [6, 6.07) is 13.5. The molecule has 3 aromatic rings. The SMILES string of the molecule is Cc1ccc(N2C(=O)C(Cl)=C(Nc3ccc(S(=O)(=O)Nc4ccc(Cl)nn4)cc3)C2=O)cc1C. The summed E-state index contributed by atoms with van der Waals surface area (Å²) < 4.78 is 27.4. The predicted octanol–water partition coefficient (Wildman–Crippen LogP) is 3.98. The lowest BCUT2D eigenvalue weighted by Crippen LogP contribution is -2.32. The Morgan fingerprint density at radius 2 is 1.56 bits per heavy atom. The van der Waals surface area contributed by atoms with Gasteiger partial charge >= 0.3 is 0 Å². The highest BCUT2D eigenvalue weighted by Gasteiger charge is 2.39. The second-order valence-corrected chi connectivity index (χ2v) is 9.85. The molecule has 0 saturated heterocycles. The van der Waals surface area contributed by atoms with Crippen LogP contribution in [0.25, 0.3) is 0 Å². The van der Waals surface area contributed by atoms with Crippen molar-refractivity contribution in [2.75, 3.05) is 14.9 Å². The van der Waals surface area contributed by atoms with Crippen molar-refractivity contribution in [2.24, 2.45) is 0 Å². The maximum absolute atomic E-state index is 13.0. The van der Waals surface area contributed by atoms with Gasteiger partial charge in [0.1, 0.15) is 10.7 Å². The van der Waals surface area contributed by atoms with E-state index in [0.717, 1.165) is 16.0 Å². The number of carbonyl (C=O) groups is 2. The second kappa shape index (κ2) is 9.05. The lowest BCUT2D eigenvalue weighted by Gasteiger charge is -2.16. The summed E-state index contributed by atoms with van der Waals surface area (Å²) in [7, 11) is -3.94. The van der Waals surface area contributed by atoms with Crippen molar-refractivity contribution in [2.45, 2.75) is 18.7 Å². The first-order chi connectivity index (χ1) is 16.1. The molecule has 9 nitrogen and oxygen atoms in total. The zero-order valence-corrected chi connectivity index (χ0v) is 20.2. The Morgan fingerprint density at radius 3 is 2.18 bits per heavy atom. The van der Waals surface area contributed by atoms with Crippen molar-refractivity contribution in [3.8, 4) is 0 Å². The molecule has 12 heteroatoms. The molecule has 1 aromatic heterocycles. The van der Waals surface area contributed by atoms with Gasteiger partial charge in [-0.25, -0.2) is 13.3 Å². The van der Waals surface area contributed by atoms with E-state index in [9.17, 15) is 18.0 Å². The van der Waals surface area contributed by atoms with Crippen molar-refractivity contribution < 1.29 is 18.0 Å². The summed E-state index contributed by atoms with van der Waals surface area (Å²) >= 11 is 11.8. The Morgan fingerprint density at radius 1 is 0.853 bits per heavy atom. The molecule has 2 aromatic carbocycles. The summed E-state index contributed by atoms with van der Waals surface area (Å²) in [6.45, 7) is 3.80. The smallest absolute Gasteiger partial charge is 0.283 e. The van der Waals surface area contributed by atoms with E-state index >= 15 is 0 Å². The molecule has 1 aliphatic rings. The molecule has 0 aliphatic carbocycles. The monoisotopic (exact) mass is 517 g/mol. The van der Waals surface area contributed by atoms with Gasteiger partial charge in [-0.1, -0.05) is 29.3 Å². The fourth-order valence-electron chi connectivity index (χ4n) is 3.14. The van der Waals surface area contributed by atoms with Gasteiger partial charge in [0, 0.05) is 5.69 Å². The Balaban J connectivity index is 1.52. The number of aromatic nitrogens is 2. The Kier molecular flexibility index (Phi) is 6.30. The molecule has 0 saturated carbocycles. The third-order valence-electron chi connectivity index (χ3n) is 5.08. The minimum atomic E-state index is -3.94. The zero-order chi connectivity index (χ0) is 24.6. The Hall–Kier alpha value is -3.47. The molecule has 0 bridgehead atoms. The first-order valence-electron chi connectivity index (χ1n) is 9.82. The number of nitrogens with one attached hydrogen (secondary N) is 2. The molecule has 2 heterocycles. The number of aryl methyl sites for hydroxylation is 2. The number of carbonyl (C=O) groups excluding carboxylic acids is 2. The molecular weight excluding hydrogens is 501 g/mol. The average Bonchev–Trinajstić information content (AvgIpc) is 3.01. The van der Waals surface area contributed by atoms with Crippen molar-refractivity contribution >= 4 is 62.2 Å². The molecule has 4 rings (SSSR count). The van der Waals surface area contributed by atoms with Gasteiger partial charge < -0.3 is 5.32 Å². The van der Waals surface area contributed by atoms with E-state index in [1.54, 1.807) is 12.1 Å². The quantitative estimate of drug-likeness (QED) is 0.474. The van der Waals surface area contributed by atoms with Crippen molar-refractivity contribution in [3.05, 3.63) is 81.6 Å². The summed E-state index contributed by atoms with van der Waals surface area (Å²) in [5.41, 5.74) is 2.61. The third kappa shape index (κ3) is 4.60. The van der Waals surface area contributed by atoms with Gasteiger partial charge in [-0.05, 0) is 73.5 Å². The van der Waals surface area contributed by atoms with Gasteiger partial charge in [0.15, 0.2) is 11.0 Å². The highest BCUT2D eigenvalue weighted by Crippen LogP contribution is 2.31. The van der Waals surface area contributed by atoms with Crippen LogP contribution < -0.4 is 14.9 Å². The standard InChI is InChI=1S/C22H17Cl2N5O4S/c1-12-3-6-15(11-13(12)2)29-21(30)19(24)20(22(29)31)25-14-4-7-16(8-5-14)34(32,33)28-18-10-9-17(23)26-27-18/h3-11,25H,1-2H3,(H,27,28). The molecule has 34 heavy (non-hydrogen) atoms. The Labute approximate surface area is 205 Å². The van der Waals surface area contributed by atoms with Gasteiger partial charge in [-0.15, -0.1) is 10.2 Å². The first kappa shape index (κ1) is 23.7. The summed E-state index contributed by atoms with van der Waals surface area (Å²) in [6.07, 6.45) is 0. The van der Waals surface area contributed by atoms with E-state index in [1.807, 2.05) is 19.9 Å². The first-order valence-corrected chi connectivity index (χ1v) is 12.1. The van der Waals surface area contributed by atoms with Crippen molar-refractivity contribution in [1.29, 1.82) is 0 Å². The third-order valence-corrected chi connectivity index (χ3v) is 7.00. The van der Waals surface area contributed by atoms with E-state index in [-0.39, 0.29) is 26.6 Å². The lowest BCUT2D eigenvalue weighted by molar-refractivity contribution is -0.120. The van der Waals surface area contributed by atoms with E-state index in [2.05, 4.69) is 20.2 Å². The van der Waals surface area contributed by atoms with Gasteiger partial charge in [-0.3, -0.25) is 14.3 Å². The molecule has 0 fully saturated rings. The average molecular weight is 518 g/mol. The van der Waals surface area contributed by atoms with E-state index in [4.69, 9.17) is 23.2 Å². The van der Waals surface area contributed by atoms with Crippen LogP contribution in [0, 0.1) is 13.8 Å². The van der Waals surface area contributed by atoms with Crippen molar-refractivity contribution in [1.82, 2.24) is 10.2 Å². The van der Waals surface area contributed by atoms with Gasteiger partial charge in [0.05, 0.1) is 10.6 Å². The van der Waals surface area contributed by atoms with Crippen molar-refractivity contribution in [3.63, 3.8) is 0 Å². The number of halogens is 2. The van der Waals surface area contributed by atoms with Gasteiger partial charge in [-0.2, -0.15) is 0 Å². The summed E-state index contributed by atoms with van der Waals surface area (Å²) in [5, 5.41) is 9.93. The highest BCUT2D eigenvalue weighted by molar-refractivity contribution is 7.92. The molecule has 0 spiro atoms. The van der Waals surface area contributed by atoms with Crippen LogP contribution in [0.1, 0.15) is 11.1 Å². The molecule has 2 amide bonds. The minimum absolute atomic E-state index is 0.00466. The number of anilines is 3. The molecule has 0 unspecified atom stereocenters.